The monoisotopic (exact) mass is 470 g/mol. The van der Waals surface area contributed by atoms with Gasteiger partial charge in [0.2, 0.25) is 5.91 Å². The zero-order chi connectivity index (χ0) is 24.0. The molecule has 0 saturated carbocycles. The quantitative estimate of drug-likeness (QED) is 0.621. The lowest BCUT2D eigenvalue weighted by Crippen LogP contribution is -2.49. The number of ether oxygens (including phenoxy) is 3. The van der Waals surface area contributed by atoms with Gasteiger partial charge >= 0.3 is 0 Å². The van der Waals surface area contributed by atoms with Crippen LogP contribution in [-0.4, -0.2) is 74.7 Å². The van der Waals surface area contributed by atoms with Crippen molar-refractivity contribution in [2.75, 3.05) is 53.1 Å². The summed E-state index contributed by atoms with van der Waals surface area (Å²) >= 11 is 0. The molecule has 0 spiro atoms. The summed E-state index contributed by atoms with van der Waals surface area (Å²) in [6.07, 6.45) is 1.60. The SMILES string of the molecule is COc1ccccc1C(=O)N1CCC(COc2ccc(F)cc2)(CC(=O)N2CCOCC2)CC1. The van der Waals surface area contributed by atoms with E-state index in [0.717, 1.165) is 0 Å². The third-order valence-electron chi connectivity index (χ3n) is 6.70. The van der Waals surface area contributed by atoms with Crippen LogP contribution in [0.25, 0.3) is 0 Å². The maximum atomic E-state index is 13.3. The van der Waals surface area contributed by atoms with Gasteiger partial charge in [-0.3, -0.25) is 9.59 Å². The molecule has 0 aromatic heterocycles. The molecule has 0 aliphatic carbocycles. The number of rotatable bonds is 7. The summed E-state index contributed by atoms with van der Waals surface area (Å²) in [4.78, 5) is 29.9. The molecule has 2 aliphatic rings. The molecule has 0 radical (unpaired) electrons. The van der Waals surface area contributed by atoms with Crippen LogP contribution in [0.5, 0.6) is 11.5 Å². The molecular weight excluding hydrogens is 439 g/mol. The van der Waals surface area contributed by atoms with Crippen molar-refractivity contribution in [1.29, 1.82) is 0 Å². The molecule has 34 heavy (non-hydrogen) atoms. The Labute approximate surface area is 199 Å². The van der Waals surface area contributed by atoms with E-state index in [1.807, 2.05) is 21.9 Å². The van der Waals surface area contributed by atoms with Gasteiger partial charge in [0, 0.05) is 38.0 Å². The number of hydrogen-bond acceptors (Lipinski definition) is 5. The van der Waals surface area contributed by atoms with Gasteiger partial charge < -0.3 is 24.0 Å². The van der Waals surface area contributed by atoms with Crippen LogP contribution in [-0.2, 0) is 9.53 Å². The highest BCUT2D eigenvalue weighted by Crippen LogP contribution is 2.37. The molecule has 2 aromatic carbocycles. The second-order valence-corrected chi connectivity index (χ2v) is 8.91. The number of methoxy groups -OCH3 is 1. The maximum absolute atomic E-state index is 13.3. The van der Waals surface area contributed by atoms with Crippen LogP contribution in [0.2, 0.25) is 0 Å². The van der Waals surface area contributed by atoms with E-state index in [1.54, 1.807) is 31.4 Å². The van der Waals surface area contributed by atoms with Gasteiger partial charge in [-0.2, -0.15) is 0 Å². The van der Waals surface area contributed by atoms with E-state index in [1.165, 1.54) is 12.1 Å². The lowest BCUT2D eigenvalue weighted by atomic mass is 9.75. The number of piperidine rings is 1. The second-order valence-electron chi connectivity index (χ2n) is 8.91. The molecule has 182 valence electrons. The highest BCUT2D eigenvalue weighted by molar-refractivity contribution is 5.97. The van der Waals surface area contributed by atoms with Crippen molar-refractivity contribution in [1.82, 2.24) is 9.80 Å². The average molecular weight is 471 g/mol. The standard InChI is InChI=1S/C26H31FN2O5/c1-32-23-5-3-2-4-22(23)25(31)29-12-10-26(11-13-29,18-24(30)28-14-16-33-17-15-28)19-34-21-8-6-20(27)7-9-21/h2-9H,10-19H2,1H3. The molecule has 0 N–H and O–H groups in total. The number of likely N-dealkylation sites (tertiary alicyclic amines) is 1. The number of carbonyl (C=O) groups excluding carboxylic acids is 2. The predicted octanol–water partition coefficient (Wildman–Crippen LogP) is 3.38. The summed E-state index contributed by atoms with van der Waals surface area (Å²) in [6, 6.07) is 13.1. The van der Waals surface area contributed by atoms with E-state index in [9.17, 15) is 14.0 Å². The molecule has 0 unspecified atom stereocenters. The smallest absolute Gasteiger partial charge is 0.257 e. The van der Waals surface area contributed by atoms with Crippen molar-refractivity contribution < 1.29 is 28.2 Å². The van der Waals surface area contributed by atoms with Gasteiger partial charge in [-0.05, 0) is 49.2 Å². The van der Waals surface area contributed by atoms with E-state index in [0.29, 0.717) is 82.3 Å². The van der Waals surface area contributed by atoms with E-state index >= 15 is 0 Å². The summed E-state index contributed by atoms with van der Waals surface area (Å²) in [5.74, 6) is 0.784. The Kier molecular flexibility index (Phi) is 7.67. The first-order chi connectivity index (χ1) is 16.5. The number of para-hydroxylation sites is 1. The summed E-state index contributed by atoms with van der Waals surface area (Å²) in [7, 11) is 1.55. The van der Waals surface area contributed by atoms with E-state index in [-0.39, 0.29) is 17.6 Å². The van der Waals surface area contributed by atoms with Crippen LogP contribution in [0.4, 0.5) is 4.39 Å². The van der Waals surface area contributed by atoms with Crippen LogP contribution in [0.3, 0.4) is 0 Å². The molecule has 2 fully saturated rings. The fourth-order valence-electron chi connectivity index (χ4n) is 4.56. The molecule has 4 rings (SSSR count). The van der Waals surface area contributed by atoms with Crippen molar-refractivity contribution in [3.63, 3.8) is 0 Å². The van der Waals surface area contributed by atoms with Crippen LogP contribution in [0, 0.1) is 11.2 Å². The summed E-state index contributed by atoms with van der Waals surface area (Å²) < 4.78 is 30.0. The molecular formula is C26H31FN2O5. The fourth-order valence-corrected chi connectivity index (χ4v) is 4.56. The Morgan fingerprint density at radius 2 is 1.65 bits per heavy atom. The van der Waals surface area contributed by atoms with Crippen molar-refractivity contribution in [2.24, 2.45) is 5.41 Å². The minimum atomic E-state index is -0.415. The average Bonchev–Trinajstić information content (AvgIpc) is 2.89. The van der Waals surface area contributed by atoms with Gasteiger partial charge in [-0.15, -0.1) is 0 Å². The minimum Gasteiger partial charge on any atom is -0.496 e. The number of amides is 2. The van der Waals surface area contributed by atoms with Gasteiger partial charge in [-0.25, -0.2) is 4.39 Å². The molecule has 2 aromatic rings. The number of hydrogen-bond donors (Lipinski definition) is 0. The minimum absolute atomic E-state index is 0.0787. The van der Waals surface area contributed by atoms with Gasteiger partial charge in [0.25, 0.3) is 5.91 Å². The highest BCUT2D eigenvalue weighted by atomic mass is 19.1. The zero-order valence-corrected chi connectivity index (χ0v) is 19.5. The highest BCUT2D eigenvalue weighted by Gasteiger charge is 2.40. The topological polar surface area (TPSA) is 68.3 Å². The first-order valence-corrected chi connectivity index (χ1v) is 11.7. The molecule has 7 nitrogen and oxygen atoms in total. The molecule has 2 heterocycles. The molecule has 2 amide bonds. The van der Waals surface area contributed by atoms with Crippen LogP contribution >= 0.6 is 0 Å². The Bertz CT molecular complexity index is 983. The number of halogens is 1. The Morgan fingerprint density at radius 1 is 0.971 bits per heavy atom. The Balaban J connectivity index is 1.46. The van der Waals surface area contributed by atoms with Crippen LogP contribution < -0.4 is 9.47 Å². The first kappa shape index (κ1) is 24.0. The Morgan fingerprint density at radius 3 is 2.32 bits per heavy atom. The summed E-state index contributed by atoms with van der Waals surface area (Å²) in [6.45, 7) is 3.63. The molecule has 2 aliphatic heterocycles. The van der Waals surface area contributed by atoms with Crippen molar-refractivity contribution in [3.8, 4) is 11.5 Å². The van der Waals surface area contributed by atoms with Crippen molar-refractivity contribution in [3.05, 3.63) is 59.9 Å². The molecule has 8 heteroatoms. The summed E-state index contributed by atoms with van der Waals surface area (Å²) in [5, 5.41) is 0. The van der Waals surface area contributed by atoms with E-state index < -0.39 is 5.41 Å². The van der Waals surface area contributed by atoms with Crippen LogP contribution in [0.1, 0.15) is 29.6 Å². The zero-order valence-electron chi connectivity index (χ0n) is 19.5. The lowest BCUT2D eigenvalue weighted by Gasteiger charge is -2.42. The Hall–Kier alpha value is -3.13. The molecule has 0 bridgehead atoms. The molecule has 0 atom stereocenters. The van der Waals surface area contributed by atoms with Gasteiger partial charge in [0.1, 0.15) is 17.3 Å². The normalized spacial score (nSPS) is 17.8. The fraction of sp³-hybridized carbons (Fsp3) is 0.462. The molecule has 2 saturated heterocycles. The van der Waals surface area contributed by atoms with E-state index in [2.05, 4.69) is 0 Å². The largest absolute Gasteiger partial charge is 0.496 e. The number of carbonyl (C=O) groups is 2. The maximum Gasteiger partial charge on any atom is 0.257 e. The van der Waals surface area contributed by atoms with Crippen molar-refractivity contribution in [2.45, 2.75) is 19.3 Å². The third-order valence-corrected chi connectivity index (χ3v) is 6.70. The van der Waals surface area contributed by atoms with E-state index in [4.69, 9.17) is 14.2 Å². The first-order valence-electron chi connectivity index (χ1n) is 11.7. The predicted molar refractivity (Wildman–Crippen MR) is 124 cm³/mol. The summed E-state index contributed by atoms with van der Waals surface area (Å²) in [5.41, 5.74) is 0.117. The van der Waals surface area contributed by atoms with Gasteiger partial charge in [0.15, 0.2) is 0 Å². The second kappa shape index (κ2) is 10.9. The van der Waals surface area contributed by atoms with Crippen LogP contribution in [0.15, 0.2) is 48.5 Å². The number of morpholine rings is 1. The number of nitrogens with zero attached hydrogens (tertiary/aromatic N) is 2. The van der Waals surface area contributed by atoms with Gasteiger partial charge in [-0.1, -0.05) is 12.1 Å². The van der Waals surface area contributed by atoms with Gasteiger partial charge in [0.05, 0.1) is 32.5 Å². The third kappa shape index (κ3) is 5.67. The van der Waals surface area contributed by atoms with Crippen molar-refractivity contribution >= 4 is 11.8 Å². The number of benzene rings is 2. The lowest BCUT2D eigenvalue weighted by molar-refractivity contribution is -0.139.